The number of rotatable bonds is 6. The molecule has 0 aromatic heterocycles. The Morgan fingerprint density at radius 3 is 2.39 bits per heavy atom. The number of hydrogen-bond donors (Lipinski definition) is 1. The van der Waals surface area contributed by atoms with E-state index in [1.165, 1.54) is 37.8 Å². The zero-order valence-electron chi connectivity index (χ0n) is 17.4. The number of fused-ring (bicyclic) bond motifs is 2. The Morgan fingerprint density at radius 2 is 1.77 bits per heavy atom. The highest BCUT2D eigenvalue weighted by Gasteiger charge is 2.41. The predicted octanol–water partition coefficient (Wildman–Crippen LogP) is 4.05. The number of piperidine rings is 1. The van der Waals surface area contributed by atoms with Crippen molar-refractivity contribution in [3.8, 4) is 0 Å². The topological polar surface area (TPSA) is 66.5 Å². The number of nitrogens with zero attached hydrogens (tertiary/aromatic N) is 1. The highest BCUT2D eigenvalue weighted by Crippen LogP contribution is 2.49. The second-order valence-corrected chi connectivity index (χ2v) is 11.1. The standard InChI is InChI=1S/C22H29F3N2O3S/c23-22(24,25)19-3-1-2-4-20(19)31(29,30)27-11-8-16(9-12-27)21(28)26-10-7-18-14-15-5-6-17(18)13-15/h1-4,15-18H,5-14H2,(H,26,28). The normalized spacial score (nSPS) is 27.5. The van der Waals surface area contributed by atoms with Crippen molar-refractivity contribution in [3.05, 3.63) is 29.8 Å². The Balaban J connectivity index is 1.29. The van der Waals surface area contributed by atoms with Crippen molar-refractivity contribution in [2.24, 2.45) is 23.7 Å². The molecule has 4 rings (SSSR count). The molecule has 0 spiro atoms. The number of carbonyl (C=O) groups excluding carboxylic acids is 1. The summed E-state index contributed by atoms with van der Waals surface area (Å²) in [5.74, 6) is 2.02. The van der Waals surface area contributed by atoms with Gasteiger partial charge in [-0.25, -0.2) is 8.42 Å². The molecular weight excluding hydrogens is 429 g/mol. The zero-order chi connectivity index (χ0) is 22.2. The lowest BCUT2D eigenvalue weighted by Crippen LogP contribution is -2.43. The van der Waals surface area contributed by atoms with Gasteiger partial charge in [-0.1, -0.05) is 18.6 Å². The molecule has 2 aliphatic carbocycles. The van der Waals surface area contributed by atoms with Crippen LogP contribution in [0.2, 0.25) is 0 Å². The van der Waals surface area contributed by atoms with E-state index in [4.69, 9.17) is 0 Å². The monoisotopic (exact) mass is 458 g/mol. The van der Waals surface area contributed by atoms with Crippen LogP contribution in [-0.2, 0) is 21.0 Å². The summed E-state index contributed by atoms with van der Waals surface area (Å²) in [6.45, 7) is 0.724. The van der Waals surface area contributed by atoms with Crippen molar-refractivity contribution in [1.29, 1.82) is 0 Å². The van der Waals surface area contributed by atoms with Gasteiger partial charge in [0.2, 0.25) is 15.9 Å². The minimum atomic E-state index is -4.75. The van der Waals surface area contributed by atoms with Gasteiger partial charge in [0.25, 0.3) is 0 Å². The van der Waals surface area contributed by atoms with Gasteiger partial charge >= 0.3 is 6.18 Å². The Hall–Kier alpha value is -1.61. The number of hydrogen-bond acceptors (Lipinski definition) is 3. The molecule has 5 nitrogen and oxygen atoms in total. The molecule has 3 fully saturated rings. The molecule has 3 atom stereocenters. The third-order valence-corrected chi connectivity index (χ3v) is 9.29. The molecule has 1 aromatic carbocycles. The Morgan fingerprint density at radius 1 is 1.06 bits per heavy atom. The van der Waals surface area contributed by atoms with Crippen LogP contribution in [0.4, 0.5) is 13.2 Å². The summed E-state index contributed by atoms with van der Waals surface area (Å²) in [4.78, 5) is 11.8. The van der Waals surface area contributed by atoms with Crippen LogP contribution in [0, 0.1) is 23.7 Å². The highest BCUT2D eigenvalue weighted by atomic mass is 32.2. The van der Waals surface area contributed by atoms with Gasteiger partial charge in [-0.2, -0.15) is 17.5 Å². The first-order valence-electron chi connectivity index (χ1n) is 11.1. The molecule has 1 aliphatic heterocycles. The minimum absolute atomic E-state index is 0.0407. The third-order valence-electron chi connectivity index (χ3n) is 7.33. The summed E-state index contributed by atoms with van der Waals surface area (Å²) in [5, 5.41) is 3.00. The van der Waals surface area contributed by atoms with Crippen molar-refractivity contribution in [2.45, 2.75) is 56.0 Å². The lowest BCUT2D eigenvalue weighted by atomic mass is 9.86. The van der Waals surface area contributed by atoms with Crippen LogP contribution in [0.5, 0.6) is 0 Å². The van der Waals surface area contributed by atoms with E-state index in [2.05, 4.69) is 5.32 Å². The van der Waals surface area contributed by atoms with Gasteiger partial charge in [0.1, 0.15) is 0 Å². The summed E-state index contributed by atoms with van der Waals surface area (Å²) in [6.07, 6.45) is 2.14. The summed E-state index contributed by atoms with van der Waals surface area (Å²) >= 11 is 0. The fourth-order valence-corrected chi connectivity index (χ4v) is 7.36. The third kappa shape index (κ3) is 4.77. The van der Waals surface area contributed by atoms with Crippen LogP contribution in [0.15, 0.2) is 29.2 Å². The maximum atomic E-state index is 13.3. The van der Waals surface area contributed by atoms with E-state index in [0.717, 1.165) is 34.7 Å². The molecule has 1 aromatic rings. The molecule has 1 saturated heterocycles. The van der Waals surface area contributed by atoms with Crippen LogP contribution in [-0.4, -0.2) is 38.3 Å². The first kappa shape index (κ1) is 22.6. The molecule has 0 radical (unpaired) electrons. The molecule has 9 heteroatoms. The molecule has 1 amide bonds. The molecule has 172 valence electrons. The number of benzene rings is 1. The predicted molar refractivity (Wildman–Crippen MR) is 109 cm³/mol. The first-order chi connectivity index (χ1) is 14.7. The van der Waals surface area contributed by atoms with Gasteiger partial charge in [-0.3, -0.25) is 4.79 Å². The summed E-state index contributed by atoms with van der Waals surface area (Å²) in [7, 11) is -4.28. The molecule has 1 N–H and O–H groups in total. The van der Waals surface area contributed by atoms with Crippen molar-refractivity contribution in [3.63, 3.8) is 0 Å². The SMILES string of the molecule is O=C(NCCC1CC2CCC1C2)C1CCN(S(=O)(=O)c2ccccc2C(F)(F)F)CC1. The number of carbonyl (C=O) groups is 1. The van der Waals surface area contributed by atoms with E-state index < -0.39 is 26.7 Å². The van der Waals surface area contributed by atoms with Crippen LogP contribution in [0.25, 0.3) is 0 Å². The average Bonchev–Trinajstić information content (AvgIpc) is 3.36. The summed E-state index contributed by atoms with van der Waals surface area (Å²) < 4.78 is 66.5. The minimum Gasteiger partial charge on any atom is -0.356 e. The number of nitrogens with one attached hydrogen (secondary N) is 1. The smallest absolute Gasteiger partial charge is 0.356 e. The molecule has 2 bridgehead atoms. The number of halogens is 3. The second kappa shape index (κ2) is 8.73. The summed E-state index contributed by atoms with van der Waals surface area (Å²) in [5.41, 5.74) is -1.16. The maximum absolute atomic E-state index is 13.3. The largest absolute Gasteiger partial charge is 0.417 e. The average molecular weight is 459 g/mol. The number of alkyl halides is 3. The van der Waals surface area contributed by atoms with Crippen molar-refractivity contribution >= 4 is 15.9 Å². The Labute approximate surface area is 181 Å². The van der Waals surface area contributed by atoms with Crippen LogP contribution >= 0.6 is 0 Å². The van der Waals surface area contributed by atoms with E-state index in [-0.39, 0.29) is 24.9 Å². The van der Waals surface area contributed by atoms with Crippen LogP contribution in [0.3, 0.4) is 0 Å². The van der Waals surface area contributed by atoms with E-state index in [9.17, 15) is 26.4 Å². The summed E-state index contributed by atoms with van der Waals surface area (Å²) in [6, 6.07) is 4.24. The van der Waals surface area contributed by atoms with E-state index in [1.54, 1.807) is 0 Å². The van der Waals surface area contributed by atoms with Crippen LogP contribution < -0.4 is 5.32 Å². The van der Waals surface area contributed by atoms with Crippen molar-refractivity contribution in [2.75, 3.05) is 19.6 Å². The van der Waals surface area contributed by atoms with Gasteiger partial charge < -0.3 is 5.32 Å². The molecule has 3 unspecified atom stereocenters. The van der Waals surface area contributed by atoms with Gasteiger partial charge in [-0.05, 0) is 68.4 Å². The maximum Gasteiger partial charge on any atom is 0.417 e. The molecular formula is C22H29F3N2O3S. The fourth-order valence-electron chi connectivity index (χ4n) is 5.68. The second-order valence-electron chi connectivity index (χ2n) is 9.19. The fraction of sp³-hybridized carbons (Fsp3) is 0.682. The number of amides is 1. The molecule has 3 aliphatic rings. The van der Waals surface area contributed by atoms with E-state index >= 15 is 0 Å². The molecule has 1 heterocycles. The van der Waals surface area contributed by atoms with E-state index in [0.29, 0.717) is 25.3 Å². The lowest BCUT2D eigenvalue weighted by molar-refractivity contribution is -0.139. The van der Waals surface area contributed by atoms with Gasteiger partial charge in [0.15, 0.2) is 0 Å². The zero-order valence-corrected chi connectivity index (χ0v) is 18.2. The quantitative estimate of drug-likeness (QED) is 0.700. The van der Waals surface area contributed by atoms with Crippen molar-refractivity contribution < 1.29 is 26.4 Å². The highest BCUT2D eigenvalue weighted by molar-refractivity contribution is 7.89. The van der Waals surface area contributed by atoms with Crippen LogP contribution in [0.1, 0.15) is 50.5 Å². The Kier molecular flexibility index (Phi) is 6.36. The number of sulfonamides is 1. The van der Waals surface area contributed by atoms with E-state index in [1.807, 2.05) is 0 Å². The van der Waals surface area contributed by atoms with Gasteiger partial charge in [0.05, 0.1) is 10.5 Å². The Bertz CT molecular complexity index is 911. The lowest BCUT2D eigenvalue weighted by Gasteiger charge is -2.31. The molecule has 31 heavy (non-hydrogen) atoms. The molecule has 2 saturated carbocycles. The van der Waals surface area contributed by atoms with Gasteiger partial charge in [-0.15, -0.1) is 0 Å². The van der Waals surface area contributed by atoms with Gasteiger partial charge in [0, 0.05) is 25.6 Å². The van der Waals surface area contributed by atoms with Crippen molar-refractivity contribution in [1.82, 2.24) is 9.62 Å². The first-order valence-corrected chi connectivity index (χ1v) is 12.5.